The Morgan fingerprint density at radius 2 is 1.78 bits per heavy atom. The number of hydrogen-bond donors (Lipinski definition) is 0. The van der Waals surface area contributed by atoms with Crippen molar-refractivity contribution in [3.05, 3.63) is 94.2 Å². The van der Waals surface area contributed by atoms with Gasteiger partial charge in [-0.25, -0.2) is 4.98 Å². The van der Waals surface area contributed by atoms with Gasteiger partial charge in [-0.15, -0.1) is 21.5 Å². The lowest BCUT2D eigenvalue weighted by molar-refractivity contribution is 0.885. The highest BCUT2D eigenvalue weighted by Crippen LogP contribution is 2.31. The van der Waals surface area contributed by atoms with Crippen LogP contribution in [0.25, 0.3) is 31.6 Å². The van der Waals surface area contributed by atoms with Gasteiger partial charge in [0.1, 0.15) is 0 Å². The van der Waals surface area contributed by atoms with Crippen molar-refractivity contribution in [2.45, 2.75) is 10.9 Å². The van der Waals surface area contributed by atoms with Gasteiger partial charge in [0.2, 0.25) is 0 Å². The SMILES string of the molecule is O=c1cc(CSc2nnc(-c3cccs3)n2-c2ccccc2)nc2sc3ccccc3n12. The first-order valence-corrected chi connectivity index (χ1v) is 12.5. The quantitative estimate of drug-likeness (QED) is 0.309. The van der Waals surface area contributed by atoms with E-state index in [2.05, 4.69) is 14.8 Å². The molecule has 0 radical (unpaired) electrons. The molecule has 0 aliphatic rings. The summed E-state index contributed by atoms with van der Waals surface area (Å²) in [7, 11) is 0. The molecule has 0 aliphatic heterocycles. The van der Waals surface area contributed by atoms with Crippen LogP contribution in [-0.2, 0) is 5.75 Å². The number of thiazole rings is 1. The van der Waals surface area contributed by atoms with Crippen LogP contribution in [-0.4, -0.2) is 24.1 Å². The van der Waals surface area contributed by atoms with Crippen LogP contribution in [0.3, 0.4) is 0 Å². The summed E-state index contributed by atoms with van der Waals surface area (Å²) in [6, 6.07) is 23.6. The van der Waals surface area contributed by atoms with Crippen molar-refractivity contribution in [2.75, 3.05) is 0 Å². The van der Waals surface area contributed by atoms with Gasteiger partial charge in [-0.1, -0.05) is 59.5 Å². The van der Waals surface area contributed by atoms with Crippen molar-refractivity contribution in [1.82, 2.24) is 24.1 Å². The van der Waals surface area contributed by atoms with Crippen LogP contribution >= 0.6 is 34.4 Å². The lowest BCUT2D eigenvalue weighted by Crippen LogP contribution is -2.13. The summed E-state index contributed by atoms with van der Waals surface area (Å²) in [6.45, 7) is 0. The van der Waals surface area contributed by atoms with E-state index in [1.54, 1.807) is 21.8 Å². The van der Waals surface area contributed by atoms with Crippen molar-refractivity contribution in [3.8, 4) is 16.4 Å². The van der Waals surface area contributed by atoms with E-state index < -0.39 is 0 Å². The molecular formula is C23H15N5OS3. The summed E-state index contributed by atoms with van der Waals surface area (Å²) in [5.74, 6) is 1.33. The fourth-order valence-corrected chi connectivity index (χ4v) is 6.17. The van der Waals surface area contributed by atoms with Crippen LogP contribution in [0.2, 0.25) is 0 Å². The fourth-order valence-electron chi connectivity index (χ4n) is 3.57. The zero-order chi connectivity index (χ0) is 21.5. The van der Waals surface area contributed by atoms with Crippen LogP contribution in [0.5, 0.6) is 0 Å². The molecule has 0 fully saturated rings. The summed E-state index contributed by atoms with van der Waals surface area (Å²) >= 11 is 4.68. The van der Waals surface area contributed by atoms with E-state index >= 15 is 0 Å². The largest absolute Gasteiger partial charge is 0.269 e. The Kier molecular flexibility index (Phi) is 4.86. The van der Waals surface area contributed by atoms with Crippen LogP contribution in [0, 0.1) is 0 Å². The van der Waals surface area contributed by atoms with E-state index in [-0.39, 0.29) is 5.56 Å². The van der Waals surface area contributed by atoms with E-state index in [1.165, 1.54) is 23.1 Å². The topological polar surface area (TPSA) is 65.1 Å². The smallest absolute Gasteiger partial charge is 0.259 e. The normalized spacial score (nSPS) is 11.5. The maximum absolute atomic E-state index is 12.8. The number of rotatable bonds is 5. The molecule has 0 aliphatic carbocycles. The molecule has 6 rings (SSSR count). The molecule has 0 unspecified atom stereocenters. The minimum Gasteiger partial charge on any atom is -0.269 e. The Morgan fingerprint density at radius 3 is 2.62 bits per heavy atom. The Balaban J connectivity index is 1.38. The molecular weight excluding hydrogens is 458 g/mol. The number of para-hydroxylation sites is 2. The van der Waals surface area contributed by atoms with Crippen LogP contribution < -0.4 is 5.56 Å². The number of thioether (sulfide) groups is 1. The molecule has 156 valence electrons. The maximum Gasteiger partial charge on any atom is 0.259 e. The number of nitrogens with zero attached hydrogens (tertiary/aromatic N) is 5. The molecule has 0 amide bonds. The lowest BCUT2D eigenvalue weighted by atomic mass is 10.3. The first-order valence-electron chi connectivity index (χ1n) is 9.86. The second-order valence-corrected chi connectivity index (χ2v) is 9.92. The average Bonchev–Trinajstić information content (AvgIpc) is 3.55. The number of fused-ring (bicyclic) bond motifs is 3. The van der Waals surface area contributed by atoms with Crippen LogP contribution in [0.1, 0.15) is 5.69 Å². The van der Waals surface area contributed by atoms with Gasteiger partial charge in [0.25, 0.3) is 5.56 Å². The summed E-state index contributed by atoms with van der Waals surface area (Å²) in [5.41, 5.74) is 2.56. The molecule has 4 heterocycles. The molecule has 0 saturated carbocycles. The second kappa shape index (κ2) is 8.01. The van der Waals surface area contributed by atoms with Crippen LogP contribution in [0.4, 0.5) is 0 Å². The van der Waals surface area contributed by atoms with Gasteiger partial charge >= 0.3 is 0 Å². The standard InChI is InChI=1S/C23H15N5OS3/c29-20-13-15(24-22-28(20)17-9-4-5-10-18(17)32-22)14-31-23-26-25-21(19-11-6-12-30-19)27(23)16-7-2-1-3-8-16/h1-13H,14H2. The van der Waals surface area contributed by atoms with E-state index in [9.17, 15) is 4.79 Å². The second-order valence-electron chi connectivity index (χ2n) is 7.02. The molecule has 0 spiro atoms. The highest BCUT2D eigenvalue weighted by molar-refractivity contribution is 7.98. The number of aromatic nitrogens is 5. The van der Waals surface area contributed by atoms with Crippen molar-refractivity contribution in [1.29, 1.82) is 0 Å². The van der Waals surface area contributed by atoms with Crippen molar-refractivity contribution < 1.29 is 0 Å². The van der Waals surface area contributed by atoms with E-state index in [4.69, 9.17) is 4.98 Å². The molecule has 4 aromatic heterocycles. The first kappa shape index (κ1) is 19.4. The lowest BCUT2D eigenvalue weighted by Gasteiger charge is -2.09. The maximum atomic E-state index is 12.8. The molecule has 32 heavy (non-hydrogen) atoms. The predicted molar refractivity (Wildman–Crippen MR) is 131 cm³/mol. The Bertz CT molecular complexity index is 1600. The summed E-state index contributed by atoms with van der Waals surface area (Å²) < 4.78 is 4.78. The zero-order valence-corrected chi connectivity index (χ0v) is 19.0. The van der Waals surface area contributed by atoms with Gasteiger partial charge in [0, 0.05) is 17.5 Å². The fraction of sp³-hybridized carbons (Fsp3) is 0.0435. The number of thiophene rings is 1. The molecule has 0 saturated heterocycles. The summed E-state index contributed by atoms with van der Waals surface area (Å²) in [4.78, 5) is 19.3. The van der Waals surface area contributed by atoms with E-state index in [1.807, 2.05) is 72.1 Å². The third-order valence-electron chi connectivity index (χ3n) is 4.99. The van der Waals surface area contributed by atoms with Gasteiger partial charge in [0.15, 0.2) is 15.9 Å². The summed E-state index contributed by atoms with van der Waals surface area (Å²) in [6.07, 6.45) is 0. The average molecular weight is 474 g/mol. The minimum absolute atomic E-state index is 0.0631. The van der Waals surface area contributed by atoms with Crippen molar-refractivity contribution in [3.63, 3.8) is 0 Å². The van der Waals surface area contributed by atoms with Gasteiger partial charge in [-0.3, -0.25) is 13.8 Å². The van der Waals surface area contributed by atoms with E-state index in [0.717, 1.165) is 37.5 Å². The molecule has 0 N–H and O–H groups in total. The third-order valence-corrected chi connectivity index (χ3v) is 7.84. The predicted octanol–water partition coefficient (Wildman–Crippen LogP) is 5.51. The Hall–Kier alpha value is -3.27. The molecule has 6 aromatic rings. The van der Waals surface area contributed by atoms with Gasteiger partial charge < -0.3 is 0 Å². The highest BCUT2D eigenvalue weighted by Gasteiger charge is 2.17. The highest BCUT2D eigenvalue weighted by atomic mass is 32.2. The van der Waals surface area contributed by atoms with Gasteiger partial charge in [0.05, 0.1) is 20.8 Å². The monoisotopic (exact) mass is 473 g/mol. The van der Waals surface area contributed by atoms with Gasteiger partial charge in [-0.2, -0.15) is 0 Å². The number of benzene rings is 2. The molecule has 9 heteroatoms. The third kappa shape index (κ3) is 3.35. The van der Waals surface area contributed by atoms with Crippen molar-refractivity contribution >= 4 is 49.6 Å². The van der Waals surface area contributed by atoms with Crippen molar-refractivity contribution in [2.24, 2.45) is 0 Å². The number of hydrogen-bond acceptors (Lipinski definition) is 7. The minimum atomic E-state index is -0.0631. The first-order chi connectivity index (χ1) is 15.8. The van der Waals surface area contributed by atoms with Crippen LogP contribution in [0.15, 0.2) is 88.1 Å². The van der Waals surface area contributed by atoms with Gasteiger partial charge in [-0.05, 0) is 35.7 Å². The molecule has 2 aromatic carbocycles. The Labute approximate surface area is 194 Å². The summed E-state index contributed by atoms with van der Waals surface area (Å²) in [5, 5.41) is 11.7. The zero-order valence-electron chi connectivity index (χ0n) is 16.6. The molecule has 6 nitrogen and oxygen atoms in total. The van der Waals surface area contributed by atoms with E-state index in [0.29, 0.717) is 10.7 Å². The molecule has 0 bridgehead atoms. The Morgan fingerprint density at radius 1 is 0.938 bits per heavy atom. The molecule has 0 atom stereocenters.